The van der Waals surface area contributed by atoms with Crippen LogP contribution in [-0.2, 0) is 11.2 Å². The molecule has 0 aliphatic carbocycles. The fourth-order valence-electron chi connectivity index (χ4n) is 3.12. The van der Waals surface area contributed by atoms with Gasteiger partial charge >= 0.3 is 5.97 Å². The van der Waals surface area contributed by atoms with Crippen molar-refractivity contribution in [1.29, 1.82) is 0 Å². The molecule has 6 heteroatoms. The molecule has 0 saturated carbocycles. The van der Waals surface area contributed by atoms with E-state index in [1.807, 2.05) is 49.4 Å². The average molecular weight is 390 g/mol. The third-order valence-electron chi connectivity index (χ3n) is 4.71. The highest BCUT2D eigenvalue weighted by Crippen LogP contribution is 2.20. The third-order valence-corrected chi connectivity index (χ3v) is 4.71. The molecule has 3 N–H and O–H groups in total. The molecule has 0 radical (unpaired) electrons. The predicted octanol–water partition coefficient (Wildman–Crippen LogP) is 2.94. The number of nitrogens with one attached hydrogen (secondary N) is 2. The minimum Gasteiger partial charge on any atom is -0.478 e. The molecule has 0 atom stereocenters. The molecular formula is C23H22N2O4. The molecule has 0 aliphatic heterocycles. The second-order valence-electron chi connectivity index (χ2n) is 6.76. The Bertz CT molecular complexity index is 1080. The Hall–Kier alpha value is -3.67. The van der Waals surface area contributed by atoms with E-state index >= 15 is 0 Å². The number of hydrogen-bond donors (Lipinski definition) is 3. The summed E-state index contributed by atoms with van der Waals surface area (Å²) in [7, 11) is 0. The molecule has 0 aliphatic rings. The topological polar surface area (TPSA) is 95.5 Å². The van der Waals surface area contributed by atoms with Crippen molar-refractivity contribution >= 4 is 28.6 Å². The van der Waals surface area contributed by atoms with Crippen LogP contribution in [-0.4, -0.2) is 36.0 Å². The highest BCUT2D eigenvalue weighted by molar-refractivity contribution is 6.08. The van der Waals surface area contributed by atoms with Crippen LogP contribution in [0.25, 0.3) is 10.8 Å². The Morgan fingerprint density at radius 3 is 2.07 bits per heavy atom. The zero-order valence-corrected chi connectivity index (χ0v) is 16.1. The van der Waals surface area contributed by atoms with E-state index in [1.165, 1.54) is 6.07 Å². The third kappa shape index (κ3) is 4.99. The fraction of sp³-hybridized carbons (Fsp3) is 0.174. The molecule has 3 rings (SSSR count). The first-order valence-electron chi connectivity index (χ1n) is 9.31. The first kappa shape index (κ1) is 20.1. The Morgan fingerprint density at radius 1 is 0.828 bits per heavy atom. The first-order chi connectivity index (χ1) is 14.0. The van der Waals surface area contributed by atoms with Crippen molar-refractivity contribution in [3.8, 4) is 0 Å². The normalized spacial score (nSPS) is 10.5. The smallest absolute Gasteiger partial charge is 0.336 e. The molecular weight excluding hydrogens is 368 g/mol. The van der Waals surface area contributed by atoms with Gasteiger partial charge in [0, 0.05) is 13.1 Å². The maximum Gasteiger partial charge on any atom is 0.336 e. The molecule has 3 aromatic carbocycles. The van der Waals surface area contributed by atoms with Crippen molar-refractivity contribution in [3.63, 3.8) is 0 Å². The number of carbonyl (C=O) groups excluding carboxylic acids is 2. The van der Waals surface area contributed by atoms with Gasteiger partial charge in [0.25, 0.3) is 5.91 Å². The summed E-state index contributed by atoms with van der Waals surface area (Å²) in [6.07, 6.45) is 0.272. The number of fused-ring (bicyclic) bond motifs is 1. The highest BCUT2D eigenvalue weighted by atomic mass is 16.4. The lowest BCUT2D eigenvalue weighted by Gasteiger charge is -2.11. The zero-order valence-electron chi connectivity index (χ0n) is 16.1. The Labute approximate surface area is 168 Å². The Balaban J connectivity index is 1.58. The summed E-state index contributed by atoms with van der Waals surface area (Å²) in [4.78, 5) is 36.1. The maximum absolute atomic E-state index is 12.5. The number of aromatic carboxylic acids is 1. The summed E-state index contributed by atoms with van der Waals surface area (Å²) in [6.45, 7) is 2.41. The Kier molecular flexibility index (Phi) is 6.24. The molecule has 0 heterocycles. The van der Waals surface area contributed by atoms with Crippen molar-refractivity contribution in [3.05, 3.63) is 82.9 Å². The fourth-order valence-corrected chi connectivity index (χ4v) is 3.12. The summed E-state index contributed by atoms with van der Waals surface area (Å²) in [5, 5.41) is 16.4. The lowest BCUT2D eigenvalue weighted by atomic mass is 10.0. The minimum atomic E-state index is -1.16. The number of rotatable bonds is 7. The van der Waals surface area contributed by atoms with Gasteiger partial charge in [-0.25, -0.2) is 4.79 Å². The predicted molar refractivity (Wildman–Crippen MR) is 111 cm³/mol. The second kappa shape index (κ2) is 9.01. The van der Waals surface area contributed by atoms with Crippen LogP contribution >= 0.6 is 0 Å². The summed E-state index contributed by atoms with van der Waals surface area (Å²) < 4.78 is 0. The van der Waals surface area contributed by atoms with Gasteiger partial charge in [-0.15, -0.1) is 0 Å². The van der Waals surface area contributed by atoms with E-state index in [9.17, 15) is 19.5 Å². The van der Waals surface area contributed by atoms with Crippen molar-refractivity contribution in [1.82, 2.24) is 10.6 Å². The molecule has 0 spiro atoms. The molecule has 0 fully saturated rings. The van der Waals surface area contributed by atoms with Crippen LogP contribution in [0.4, 0.5) is 0 Å². The minimum absolute atomic E-state index is 0.0511. The van der Waals surface area contributed by atoms with Gasteiger partial charge in [0.15, 0.2) is 0 Å². The number of carboxylic acids is 1. The quantitative estimate of drug-likeness (QED) is 0.541. The van der Waals surface area contributed by atoms with Crippen molar-refractivity contribution in [2.75, 3.05) is 13.1 Å². The van der Waals surface area contributed by atoms with Crippen LogP contribution in [0.3, 0.4) is 0 Å². The standard InChI is InChI=1S/C23H22N2O4/c1-15-6-2-3-7-16(15)14-21(26)24-10-11-25-22(27)19-12-17-8-4-5-9-18(17)13-20(19)23(28)29/h2-9,12-13H,10-11,14H2,1H3,(H,24,26)(H,25,27)(H,28,29). The van der Waals surface area contributed by atoms with E-state index in [0.29, 0.717) is 0 Å². The van der Waals surface area contributed by atoms with Gasteiger partial charge < -0.3 is 15.7 Å². The van der Waals surface area contributed by atoms with E-state index in [-0.39, 0.29) is 36.5 Å². The van der Waals surface area contributed by atoms with Crippen LogP contribution in [0.2, 0.25) is 0 Å². The van der Waals surface area contributed by atoms with E-state index in [0.717, 1.165) is 21.9 Å². The number of benzene rings is 3. The summed E-state index contributed by atoms with van der Waals surface area (Å²) >= 11 is 0. The van der Waals surface area contributed by atoms with E-state index < -0.39 is 11.9 Å². The van der Waals surface area contributed by atoms with Crippen molar-refractivity contribution < 1.29 is 19.5 Å². The number of hydrogen-bond acceptors (Lipinski definition) is 3. The van der Waals surface area contributed by atoms with Crippen molar-refractivity contribution in [2.24, 2.45) is 0 Å². The summed E-state index contributed by atoms with van der Waals surface area (Å²) in [5.41, 5.74) is 2.05. The second-order valence-corrected chi connectivity index (χ2v) is 6.76. The summed E-state index contributed by atoms with van der Waals surface area (Å²) in [5.74, 6) is -1.78. The van der Waals surface area contributed by atoms with Gasteiger partial charge in [0.05, 0.1) is 17.5 Å². The van der Waals surface area contributed by atoms with Gasteiger partial charge in [-0.05, 0) is 41.0 Å². The lowest BCUT2D eigenvalue weighted by molar-refractivity contribution is -0.120. The van der Waals surface area contributed by atoms with E-state index in [2.05, 4.69) is 10.6 Å². The highest BCUT2D eigenvalue weighted by Gasteiger charge is 2.17. The molecule has 148 valence electrons. The van der Waals surface area contributed by atoms with Gasteiger partial charge in [0.1, 0.15) is 0 Å². The monoisotopic (exact) mass is 390 g/mol. The van der Waals surface area contributed by atoms with Gasteiger partial charge in [-0.1, -0.05) is 48.5 Å². The average Bonchev–Trinajstić information content (AvgIpc) is 2.71. The van der Waals surface area contributed by atoms with Crippen molar-refractivity contribution in [2.45, 2.75) is 13.3 Å². The molecule has 0 bridgehead atoms. The zero-order chi connectivity index (χ0) is 20.8. The number of carbonyl (C=O) groups is 3. The van der Waals surface area contributed by atoms with Crippen LogP contribution in [0.5, 0.6) is 0 Å². The SMILES string of the molecule is Cc1ccccc1CC(=O)NCCNC(=O)c1cc2ccccc2cc1C(=O)O. The van der Waals surface area contributed by atoms with Crippen LogP contribution in [0.15, 0.2) is 60.7 Å². The van der Waals surface area contributed by atoms with Crippen LogP contribution in [0, 0.1) is 6.92 Å². The largest absolute Gasteiger partial charge is 0.478 e. The van der Waals surface area contributed by atoms with Gasteiger partial charge in [0.2, 0.25) is 5.91 Å². The van der Waals surface area contributed by atoms with E-state index in [4.69, 9.17) is 0 Å². The Morgan fingerprint density at radius 2 is 1.41 bits per heavy atom. The maximum atomic E-state index is 12.5. The number of amides is 2. The lowest BCUT2D eigenvalue weighted by Crippen LogP contribution is -2.35. The first-order valence-corrected chi connectivity index (χ1v) is 9.31. The molecule has 29 heavy (non-hydrogen) atoms. The molecule has 3 aromatic rings. The van der Waals surface area contributed by atoms with Gasteiger partial charge in [-0.2, -0.15) is 0 Å². The summed E-state index contributed by atoms with van der Waals surface area (Å²) in [6, 6.07) is 18.0. The van der Waals surface area contributed by atoms with Gasteiger partial charge in [-0.3, -0.25) is 9.59 Å². The number of aryl methyl sites for hydroxylation is 1. The molecule has 6 nitrogen and oxygen atoms in total. The molecule has 0 aromatic heterocycles. The molecule has 0 saturated heterocycles. The molecule has 2 amide bonds. The van der Waals surface area contributed by atoms with Crippen LogP contribution < -0.4 is 10.6 Å². The van der Waals surface area contributed by atoms with E-state index in [1.54, 1.807) is 12.1 Å². The number of carboxylic acid groups (broad SMARTS) is 1. The molecule has 0 unspecified atom stereocenters. The van der Waals surface area contributed by atoms with Crippen LogP contribution in [0.1, 0.15) is 31.8 Å².